The first-order valence-electron chi connectivity index (χ1n) is 6.98. The number of furan rings is 1. The molecule has 0 fully saturated rings. The van der Waals surface area contributed by atoms with Crippen LogP contribution in [0.2, 0.25) is 0 Å². The van der Waals surface area contributed by atoms with Gasteiger partial charge >= 0.3 is 5.97 Å². The molecule has 0 radical (unpaired) electrons. The van der Waals surface area contributed by atoms with Crippen molar-refractivity contribution in [3.8, 4) is 5.75 Å². The third-order valence-electron chi connectivity index (χ3n) is 3.33. The fourth-order valence-electron chi connectivity index (χ4n) is 2.16. The molecule has 112 valence electrons. The Balaban J connectivity index is 2.24. The second-order valence-electron chi connectivity index (χ2n) is 5.46. The molecule has 0 saturated carbocycles. The van der Waals surface area contributed by atoms with Gasteiger partial charge in [0.05, 0.1) is 0 Å². The number of benzene rings is 1. The summed E-state index contributed by atoms with van der Waals surface area (Å²) < 4.78 is 11.3. The van der Waals surface area contributed by atoms with E-state index in [1.807, 2.05) is 19.9 Å². The van der Waals surface area contributed by atoms with Gasteiger partial charge in [-0.1, -0.05) is 26.0 Å². The molecule has 0 aliphatic heterocycles. The Labute approximate surface area is 124 Å². The molecular weight excluding hydrogens is 268 g/mol. The minimum Gasteiger partial charge on any atom is -0.482 e. The summed E-state index contributed by atoms with van der Waals surface area (Å²) in [7, 11) is 0. The zero-order valence-electron chi connectivity index (χ0n) is 12.7. The Bertz CT molecular complexity index is 640. The van der Waals surface area contributed by atoms with Crippen LogP contribution in [-0.2, 0) is 0 Å². The molecule has 1 N–H and O–H groups in total. The fraction of sp³-hybridized carbons (Fsp3) is 0.353. The van der Waals surface area contributed by atoms with Crippen molar-refractivity contribution in [3.05, 3.63) is 53.0 Å². The normalized spacial score (nSPS) is 12.4. The third-order valence-corrected chi connectivity index (χ3v) is 3.33. The van der Waals surface area contributed by atoms with Gasteiger partial charge in [-0.05, 0) is 49.1 Å². The maximum atomic E-state index is 10.8. The number of hydrogen-bond acceptors (Lipinski definition) is 3. The van der Waals surface area contributed by atoms with Crippen LogP contribution in [0.1, 0.15) is 60.2 Å². The Hall–Kier alpha value is -2.23. The van der Waals surface area contributed by atoms with Crippen molar-refractivity contribution in [2.24, 2.45) is 0 Å². The summed E-state index contributed by atoms with van der Waals surface area (Å²) in [5.74, 6) is 0.508. The zero-order chi connectivity index (χ0) is 15.6. The average molecular weight is 288 g/mol. The molecule has 2 rings (SSSR count). The lowest BCUT2D eigenvalue weighted by Gasteiger charge is -2.18. The number of rotatable bonds is 5. The van der Waals surface area contributed by atoms with Gasteiger partial charge in [-0.15, -0.1) is 0 Å². The highest BCUT2D eigenvalue weighted by Gasteiger charge is 2.17. The first-order valence-corrected chi connectivity index (χ1v) is 6.98. The number of carboxylic acid groups (broad SMARTS) is 1. The van der Waals surface area contributed by atoms with Crippen LogP contribution in [0.3, 0.4) is 0 Å². The van der Waals surface area contributed by atoms with Crippen LogP contribution >= 0.6 is 0 Å². The van der Waals surface area contributed by atoms with E-state index in [0.717, 1.165) is 16.9 Å². The molecule has 1 unspecified atom stereocenters. The number of carbonyl (C=O) groups is 1. The molecule has 0 aliphatic carbocycles. The smallest absolute Gasteiger partial charge is 0.371 e. The van der Waals surface area contributed by atoms with Crippen molar-refractivity contribution in [1.29, 1.82) is 0 Å². The molecule has 1 aromatic carbocycles. The monoisotopic (exact) mass is 288 g/mol. The van der Waals surface area contributed by atoms with Crippen LogP contribution in [0.4, 0.5) is 0 Å². The van der Waals surface area contributed by atoms with Gasteiger partial charge in [0.2, 0.25) is 5.76 Å². The van der Waals surface area contributed by atoms with E-state index in [1.165, 1.54) is 6.07 Å². The predicted octanol–water partition coefficient (Wildman–Crippen LogP) is 4.55. The maximum absolute atomic E-state index is 10.8. The summed E-state index contributed by atoms with van der Waals surface area (Å²) in [6.45, 7) is 8.07. The van der Waals surface area contributed by atoms with Gasteiger partial charge in [0, 0.05) is 0 Å². The third kappa shape index (κ3) is 3.45. The van der Waals surface area contributed by atoms with Crippen LogP contribution in [0.5, 0.6) is 5.75 Å². The van der Waals surface area contributed by atoms with Crippen LogP contribution in [0, 0.1) is 6.92 Å². The van der Waals surface area contributed by atoms with Crippen molar-refractivity contribution in [1.82, 2.24) is 0 Å². The minimum absolute atomic E-state index is 0.0752. The van der Waals surface area contributed by atoms with E-state index in [4.69, 9.17) is 14.3 Å². The van der Waals surface area contributed by atoms with Gasteiger partial charge in [0.1, 0.15) is 11.5 Å². The largest absolute Gasteiger partial charge is 0.482 e. The average Bonchev–Trinajstić information content (AvgIpc) is 2.88. The molecular formula is C17H20O4. The number of carboxylic acids is 1. The predicted molar refractivity (Wildman–Crippen MR) is 80.0 cm³/mol. The lowest BCUT2D eigenvalue weighted by Crippen LogP contribution is -2.05. The molecule has 0 spiro atoms. The molecule has 1 atom stereocenters. The number of hydrogen-bond donors (Lipinski definition) is 1. The quantitative estimate of drug-likeness (QED) is 0.876. The molecule has 4 heteroatoms. The summed E-state index contributed by atoms with van der Waals surface area (Å²) in [6.07, 6.45) is -0.350. The van der Waals surface area contributed by atoms with E-state index in [1.54, 1.807) is 6.07 Å². The second-order valence-corrected chi connectivity index (χ2v) is 5.46. The van der Waals surface area contributed by atoms with E-state index in [-0.39, 0.29) is 11.9 Å². The Kier molecular flexibility index (Phi) is 4.36. The van der Waals surface area contributed by atoms with E-state index in [0.29, 0.717) is 11.7 Å². The minimum atomic E-state index is -1.08. The Morgan fingerprint density at radius 2 is 1.90 bits per heavy atom. The van der Waals surface area contributed by atoms with E-state index >= 15 is 0 Å². The van der Waals surface area contributed by atoms with Crippen molar-refractivity contribution in [3.63, 3.8) is 0 Å². The second kappa shape index (κ2) is 6.04. The van der Waals surface area contributed by atoms with Crippen LogP contribution in [0.15, 0.2) is 34.7 Å². The van der Waals surface area contributed by atoms with E-state index in [2.05, 4.69) is 26.0 Å². The maximum Gasteiger partial charge on any atom is 0.371 e. The van der Waals surface area contributed by atoms with Gasteiger partial charge in [-0.2, -0.15) is 0 Å². The van der Waals surface area contributed by atoms with E-state index in [9.17, 15) is 4.79 Å². The van der Waals surface area contributed by atoms with Crippen molar-refractivity contribution < 1.29 is 19.1 Å². The Morgan fingerprint density at radius 1 is 1.19 bits per heavy atom. The van der Waals surface area contributed by atoms with Crippen LogP contribution < -0.4 is 4.74 Å². The highest BCUT2D eigenvalue weighted by molar-refractivity contribution is 5.84. The molecule has 21 heavy (non-hydrogen) atoms. The Morgan fingerprint density at radius 3 is 2.48 bits per heavy atom. The molecule has 2 aromatic rings. The molecule has 0 amide bonds. The van der Waals surface area contributed by atoms with Crippen molar-refractivity contribution in [2.45, 2.75) is 39.7 Å². The van der Waals surface area contributed by atoms with Gasteiger partial charge in [-0.25, -0.2) is 4.79 Å². The summed E-state index contributed by atoms with van der Waals surface area (Å²) in [5, 5.41) is 8.89. The van der Waals surface area contributed by atoms with Gasteiger partial charge in [0.25, 0.3) is 0 Å². The van der Waals surface area contributed by atoms with Crippen LogP contribution in [0.25, 0.3) is 0 Å². The number of aryl methyl sites for hydroxylation is 1. The number of aromatic carboxylic acids is 1. The zero-order valence-corrected chi connectivity index (χ0v) is 12.7. The topological polar surface area (TPSA) is 59.7 Å². The van der Waals surface area contributed by atoms with Crippen molar-refractivity contribution in [2.75, 3.05) is 0 Å². The van der Waals surface area contributed by atoms with E-state index < -0.39 is 5.97 Å². The molecule has 4 nitrogen and oxygen atoms in total. The number of ether oxygens (including phenoxy) is 1. The summed E-state index contributed by atoms with van der Waals surface area (Å²) >= 11 is 0. The van der Waals surface area contributed by atoms with Crippen LogP contribution in [-0.4, -0.2) is 11.1 Å². The SMILES string of the molecule is Cc1ccc(C(C)C)c(OC(C)c2ccc(C(=O)O)o2)c1. The summed E-state index contributed by atoms with van der Waals surface area (Å²) in [4.78, 5) is 10.8. The highest BCUT2D eigenvalue weighted by Crippen LogP contribution is 2.31. The van der Waals surface area contributed by atoms with Gasteiger partial charge in [0.15, 0.2) is 6.10 Å². The molecule has 0 saturated heterocycles. The summed E-state index contributed by atoms with van der Waals surface area (Å²) in [5.41, 5.74) is 2.24. The molecule has 1 heterocycles. The molecule has 1 aromatic heterocycles. The van der Waals surface area contributed by atoms with Gasteiger partial charge in [-0.3, -0.25) is 0 Å². The van der Waals surface area contributed by atoms with Gasteiger partial charge < -0.3 is 14.3 Å². The lowest BCUT2D eigenvalue weighted by molar-refractivity contribution is 0.0655. The van der Waals surface area contributed by atoms with Crippen molar-refractivity contribution >= 4 is 5.97 Å². The first kappa shape index (κ1) is 15.2. The summed E-state index contributed by atoms with van der Waals surface area (Å²) in [6, 6.07) is 9.19. The fourth-order valence-corrected chi connectivity index (χ4v) is 2.16. The first-order chi connectivity index (χ1) is 9.88. The highest BCUT2D eigenvalue weighted by atomic mass is 16.5. The standard InChI is InChI=1S/C17H20O4/c1-10(2)13-6-5-11(3)9-16(13)20-12(4)14-7-8-15(21-14)17(18)19/h5-10,12H,1-4H3,(H,18,19). The molecule has 0 bridgehead atoms. The molecule has 0 aliphatic rings. The lowest BCUT2D eigenvalue weighted by atomic mass is 10.0.